The molecule has 5 heterocycles. The Bertz CT molecular complexity index is 1720. The Balaban J connectivity index is 1.19. The van der Waals surface area contributed by atoms with Crippen LogP contribution >= 0.6 is 22.9 Å². The quantitative estimate of drug-likeness (QED) is 0.398. The van der Waals surface area contributed by atoms with Crippen LogP contribution in [0.4, 0.5) is 15.2 Å². The average Bonchev–Trinajstić information content (AvgIpc) is 3.90. The number of rotatable bonds is 5. The topological polar surface area (TPSA) is 130 Å². The maximum Gasteiger partial charge on any atom is 0.318 e. The van der Waals surface area contributed by atoms with E-state index in [0.29, 0.717) is 58.8 Å². The van der Waals surface area contributed by atoms with E-state index in [-0.39, 0.29) is 40.6 Å². The number of anilines is 2. The Kier molecular flexibility index (Phi) is 6.14. The molecule has 3 N–H and O–H groups in total. The third-order valence-electron chi connectivity index (χ3n) is 10.4. The number of amides is 1. The number of fused-ring (bicyclic) bond motifs is 4. The molecule has 12 heteroatoms. The molecule has 1 unspecified atom stereocenters. The number of hydrogen-bond acceptors (Lipinski definition) is 9. The first-order chi connectivity index (χ1) is 20.7. The van der Waals surface area contributed by atoms with Gasteiger partial charge in [0.2, 0.25) is 5.91 Å². The number of halogens is 2. The van der Waals surface area contributed by atoms with Crippen LogP contribution in [0.3, 0.4) is 0 Å². The van der Waals surface area contributed by atoms with Gasteiger partial charge in [-0.05, 0) is 62.5 Å². The highest BCUT2D eigenvalue weighted by Gasteiger charge is 2.55. The van der Waals surface area contributed by atoms with Crippen LogP contribution in [0.2, 0.25) is 5.02 Å². The molecule has 2 aliphatic carbocycles. The molecule has 8 rings (SSSR count). The number of carbonyl (C=O) groups excluding carboxylic acids is 1. The number of nitriles is 1. The van der Waals surface area contributed by atoms with Crippen molar-refractivity contribution < 1.29 is 13.9 Å². The van der Waals surface area contributed by atoms with Crippen LogP contribution in [0.25, 0.3) is 10.9 Å². The number of piperazine rings is 1. The summed E-state index contributed by atoms with van der Waals surface area (Å²) in [4.78, 5) is 27.9. The second-order valence-corrected chi connectivity index (χ2v) is 14.5. The number of benzene rings is 1. The molecule has 1 saturated carbocycles. The molecule has 9 nitrogen and oxygen atoms in total. The molecule has 1 amide bonds. The van der Waals surface area contributed by atoms with Crippen LogP contribution in [0.5, 0.6) is 6.01 Å². The lowest BCUT2D eigenvalue weighted by Crippen LogP contribution is -2.57. The summed E-state index contributed by atoms with van der Waals surface area (Å²) in [5.41, 5.74) is 7.03. The SMILES string of the molecule is COc1nc(N2C[C@H]3CC[C@@H](C2)N3C(=O)[C@H]2N[C@@H]2C2CC2)c2cc(Cl)c(C3(C)CCCc4sc(N)c(C#N)c43)c(F)c2n1. The molecular formula is C31H33ClFN7O2S. The minimum atomic E-state index is -0.846. The largest absolute Gasteiger partial charge is 0.467 e. The zero-order chi connectivity index (χ0) is 29.8. The Hall–Kier alpha value is -3.20. The Morgan fingerprint density at radius 2 is 2.00 bits per heavy atom. The van der Waals surface area contributed by atoms with Crippen molar-refractivity contribution in [2.24, 2.45) is 5.92 Å². The normalized spacial score (nSPS) is 29.5. The number of aromatic nitrogens is 2. The van der Waals surface area contributed by atoms with Crippen molar-refractivity contribution in [1.29, 1.82) is 5.26 Å². The smallest absolute Gasteiger partial charge is 0.318 e. The first kappa shape index (κ1) is 27.4. The molecular weight excluding hydrogens is 589 g/mol. The second-order valence-electron chi connectivity index (χ2n) is 13.0. The number of thiophene rings is 1. The Labute approximate surface area is 258 Å². The van der Waals surface area contributed by atoms with Crippen LogP contribution in [-0.2, 0) is 16.6 Å². The average molecular weight is 622 g/mol. The van der Waals surface area contributed by atoms with Gasteiger partial charge in [0.1, 0.15) is 28.4 Å². The predicted molar refractivity (Wildman–Crippen MR) is 163 cm³/mol. The highest BCUT2D eigenvalue weighted by atomic mass is 35.5. The summed E-state index contributed by atoms with van der Waals surface area (Å²) in [7, 11) is 1.47. The Morgan fingerprint density at radius 3 is 2.67 bits per heavy atom. The number of carbonyl (C=O) groups is 1. The van der Waals surface area contributed by atoms with E-state index in [0.717, 1.165) is 36.1 Å². The molecule has 2 aromatic heterocycles. The van der Waals surface area contributed by atoms with E-state index in [1.165, 1.54) is 31.3 Å². The first-order valence-electron chi connectivity index (χ1n) is 15.1. The van der Waals surface area contributed by atoms with E-state index in [2.05, 4.69) is 26.2 Å². The van der Waals surface area contributed by atoms with E-state index in [4.69, 9.17) is 27.1 Å². The van der Waals surface area contributed by atoms with Gasteiger partial charge in [0.25, 0.3) is 0 Å². The van der Waals surface area contributed by atoms with Crippen LogP contribution in [0, 0.1) is 23.1 Å². The second kappa shape index (κ2) is 9.65. The lowest BCUT2D eigenvalue weighted by molar-refractivity contribution is -0.134. The zero-order valence-corrected chi connectivity index (χ0v) is 25.7. The van der Waals surface area contributed by atoms with Gasteiger partial charge >= 0.3 is 6.01 Å². The summed E-state index contributed by atoms with van der Waals surface area (Å²) in [5, 5.41) is 14.6. The van der Waals surface area contributed by atoms with E-state index in [1.54, 1.807) is 6.07 Å². The van der Waals surface area contributed by atoms with Gasteiger partial charge < -0.3 is 20.3 Å². The van der Waals surface area contributed by atoms with Crippen LogP contribution in [0.1, 0.15) is 67.0 Å². The van der Waals surface area contributed by atoms with Crippen molar-refractivity contribution in [2.45, 2.75) is 81.5 Å². The zero-order valence-electron chi connectivity index (χ0n) is 24.1. The van der Waals surface area contributed by atoms with Gasteiger partial charge in [-0.15, -0.1) is 11.3 Å². The van der Waals surface area contributed by atoms with E-state index < -0.39 is 11.2 Å². The van der Waals surface area contributed by atoms with Gasteiger partial charge in [-0.25, -0.2) is 4.39 Å². The fraction of sp³-hybridized carbons (Fsp3) is 0.548. The molecule has 224 valence electrons. The number of aryl methyl sites for hydroxylation is 1. The van der Waals surface area contributed by atoms with Gasteiger partial charge in [-0.3, -0.25) is 10.1 Å². The number of nitrogens with one attached hydrogen (secondary N) is 1. The van der Waals surface area contributed by atoms with Gasteiger partial charge in [-0.1, -0.05) is 18.5 Å². The lowest BCUT2D eigenvalue weighted by Gasteiger charge is -2.42. The molecule has 1 aromatic carbocycles. The summed E-state index contributed by atoms with van der Waals surface area (Å²) in [5.74, 6) is 0.906. The van der Waals surface area contributed by atoms with E-state index in [9.17, 15) is 10.1 Å². The van der Waals surface area contributed by atoms with Crippen LogP contribution in [0.15, 0.2) is 6.07 Å². The van der Waals surface area contributed by atoms with Gasteiger partial charge in [-0.2, -0.15) is 15.2 Å². The standard InChI is InChI=1S/C31H33ClFN7O2S/c1-31(9-3-4-20-21(31)18(11-34)27(35)43-20)22-19(32)10-17-25(23(22)33)37-30(42-2)38-28(17)39-12-15-7-8-16(13-39)40(15)29(41)26-24(36-26)14-5-6-14/h10,14-16,24,26,36H,3-9,12-13,35H2,1-2H3/t15-,16+,24-,26+,31?/m1/s1. The number of hydrogen-bond donors (Lipinski definition) is 2. The van der Waals surface area contributed by atoms with Crippen LogP contribution < -0.4 is 20.7 Å². The fourth-order valence-corrected chi connectivity index (χ4v) is 9.77. The molecule has 5 aliphatic rings. The van der Waals surface area contributed by atoms with Gasteiger partial charge in [0.15, 0.2) is 5.82 Å². The summed E-state index contributed by atoms with van der Waals surface area (Å²) in [6, 6.07) is 4.52. The number of nitrogen functional groups attached to an aromatic ring is 1. The van der Waals surface area contributed by atoms with E-state index in [1.807, 2.05) is 6.92 Å². The molecule has 0 radical (unpaired) electrons. The van der Waals surface area contributed by atoms with Crippen molar-refractivity contribution in [3.63, 3.8) is 0 Å². The van der Waals surface area contributed by atoms with E-state index >= 15 is 4.39 Å². The highest BCUT2D eigenvalue weighted by molar-refractivity contribution is 7.16. The predicted octanol–water partition coefficient (Wildman–Crippen LogP) is 4.52. The summed E-state index contributed by atoms with van der Waals surface area (Å²) in [6.07, 6.45) is 6.53. The molecule has 5 atom stereocenters. The van der Waals surface area contributed by atoms with Crippen molar-refractivity contribution in [2.75, 3.05) is 30.8 Å². The number of nitrogens with zero attached hydrogens (tertiary/aromatic N) is 5. The molecule has 3 saturated heterocycles. The van der Waals surface area contributed by atoms with Crippen LogP contribution in [-0.4, -0.2) is 65.1 Å². The highest BCUT2D eigenvalue weighted by Crippen LogP contribution is 2.52. The molecule has 2 bridgehead atoms. The number of methoxy groups -OCH3 is 1. The van der Waals surface area contributed by atoms with Crippen molar-refractivity contribution >= 4 is 50.6 Å². The minimum Gasteiger partial charge on any atom is -0.467 e. The molecule has 43 heavy (non-hydrogen) atoms. The summed E-state index contributed by atoms with van der Waals surface area (Å²) >= 11 is 8.39. The molecule has 3 aromatic rings. The first-order valence-corrected chi connectivity index (χ1v) is 16.3. The monoisotopic (exact) mass is 621 g/mol. The maximum absolute atomic E-state index is 16.9. The molecule has 0 spiro atoms. The Morgan fingerprint density at radius 1 is 1.26 bits per heavy atom. The summed E-state index contributed by atoms with van der Waals surface area (Å²) in [6.45, 7) is 3.14. The number of ether oxygens (including phenoxy) is 1. The van der Waals surface area contributed by atoms with Gasteiger partial charge in [0.05, 0.1) is 12.7 Å². The van der Waals surface area contributed by atoms with Crippen molar-refractivity contribution in [3.05, 3.63) is 38.5 Å². The summed E-state index contributed by atoms with van der Waals surface area (Å²) < 4.78 is 22.4. The fourth-order valence-electron chi connectivity index (χ4n) is 8.18. The maximum atomic E-state index is 16.9. The third-order valence-corrected chi connectivity index (χ3v) is 11.8. The molecule has 4 fully saturated rings. The lowest BCUT2D eigenvalue weighted by atomic mass is 9.68. The minimum absolute atomic E-state index is 0.0461. The number of nitrogens with two attached hydrogens (primary N) is 1. The third kappa shape index (κ3) is 4.06. The van der Waals surface area contributed by atoms with Crippen molar-refractivity contribution in [3.8, 4) is 12.1 Å². The van der Waals surface area contributed by atoms with Crippen molar-refractivity contribution in [1.82, 2.24) is 20.2 Å². The molecule has 3 aliphatic heterocycles. The van der Waals surface area contributed by atoms with Gasteiger partial charge in [0, 0.05) is 57.5 Å².